The van der Waals surface area contributed by atoms with Crippen molar-refractivity contribution < 1.29 is 0 Å². The molecule has 2 aromatic rings. The number of rotatable bonds is 5. The molecule has 0 fully saturated rings. The van der Waals surface area contributed by atoms with Crippen molar-refractivity contribution >= 4 is 51.3 Å². The molecule has 2 rings (SSSR count). The minimum Gasteiger partial charge on any atom is -0.369 e. The van der Waals surface area contributed by atoms with E-state index < -0.39 is 0 Å². The van der Waals surface area contributed by atoms with Gasteiger partial charge >= 0.3 is 0 Å². The molecule has 2 heterocycles. The highest BCUT2D eigenvalue weighted by Gasteiger charge is 2.13. The summed E-state index contributed by atoms with van der Waals surface area (Å²) in [5.74, 6) is 1.68. The van der Waals surface area contributed by atoms with E-state index >= 15 is 0 Å². The van der Waals surface area contributed by atoms with Crippen molar-refractivity contribution in [1.29, 1.82) is 0 Å². The summed E-state index contributed by atoms with van der Waals surface area (Å²) in [5.41, 5.74) is 1.11. The van der Waals surface area contributed by atoms with E-state index in [0.717, 1.165) is 50.2 Å². The molecule has 0 bridgehead atoms. The molecule has 0 spiro atoms. The minimum absolute atomic E-state index is 0.740. The highest BCUT2D eigenvalue weighted by molar-refractivity contribution is 14.1. The molecule has 0 aliphatic heterocycles. The molecule has 102 valence electrons. The third-order valence-electron chi connectivity index (χ3n) is 2.54. The summed E-state index contributed by atoms with van der Waals surface area (Å²) in [6.07, 6.45) is 2.04. The van der Waals surface area contributed by atoms with Crippen LogP contribution in [0.5, 0.6) is 0 Å². The predicted molar refractivity (Wildman–Crippen MR) is 91.2 cm³/mol. The van der Waals surface area contributed by atoms with Gasteiger partial charge in [0, 0.05) is 11.9 Å². The second kappa shape index (κ2) is 6.85. The van der Waals surface area contributed by atoms with E-state index in [0.29, 0.717) is 0 Å². The van der Waals surface area contributed by atoms with Gasteiger partial charge in [-0.3, -0.25) is 0 Å². The zero-order valence-electron chi connectivity index (χ0n) is 10.8. The largest absolute Gasteiger partial charge is 0.369 e. The lowest BCUT2D eigenvalue weighted by Gasteiger charge is -2.11. The van der Waals surface area contributed by atoms with Crippen LogP contribution in [0.3, 0.4) is 0 Å². The summed E-state index contributed by atoms with van der Waals surface area (Å²) < 4.78 is 1.12. The van der Waals surface area contributed by atoms with Gasteiger partial charge in [-0.2, -0.15) is 0 Å². The van der Waals surface area contributed by atoms with Gasteiger partial charge in [0.15, 0.2) is 5.82 Å². The lowest BCUT2D eigenvalue weighted by Crippen LogP contribution is -2.07. The number of anilines is 1. The van der Waals surface area contributed by atoms with Crippen LogP contribution in [0.15, 0.2) is 11.4 Å². The van der Waals surface area contributed by atoms with Crippen molar-refractivity contribution in [2.24, 2.45) is 0 Å². The van der Waals surface area contributed by atoms with Crippen LogP contribution in [-0.4, -0.2) is 16.5 Å². The molecule has 0 aliphatic carbocycles. The van der Waals surface area contributed by atoms with E-state index in [1.54, 1.807) is 11.3 Å². The number of thiophene rings is 1. The van der Waals surface area contributed by atoms with Gasteiger partial charge in [-0.25, -0.2) is 9.97 Å². The summed E-state index contributed by atoms with van der Waals surface area (Å²) in [4.78, 5) is 10.3. The maximum absolute atomic E-state index is 5.98. The van der Waals surface area contributed by atoms with Crippen molar-refractivity contribution in [3.63, 3.8) is 0 Å². The zero-order chi connectivity index (χ0) is 13.8. The van der Waals surface area contributed by atoms with E-state index in [1.807, 2.05) is 11.4 Å². The number of aryl methyl sites for hydroxylation is 1. The third kappa shape index (κ3) is 3.58. The lowest BCUT2D eigenvalue weighted by atomic mass is 10.2. The Morgan fingerprint density at radius 1 is 1.37 bits per heavy atom. The molecule has 0 saturated carbocycles. The average Bonchev–Trinajstić information content (AvgIpc) is 2.81. The van der Waals surface area contributed by atoms with Crippen molar-refractivity contribution in [2.45, 2.75) is 26.7 Å². The zero-order valence-corrected chi connectivity index (χ0v) is 14.6. The summed E-state index contributed by atoms with van der Waals surface area (Å²) >= 11 is 9.87. The Balaban J connectivity index is 2.48. The molecule has 1 N–H and O–H groups in total. The Bertz CT molecular complexity index is 544. The van der Waals surface area contributed by atoms with E-state index in [1.165, 1.54) is 0 Å². The lowest BCUT2D eigenvalue weighted by molar-refractivity contribution is 0.867. The molecule has 0 saturated heterocycles. The predicted octanol–water partition coefficient (Wildman–Crippen LogP) is 4.85. The van der Waals surface area contributed by atoms with Gasteiger partial charge in [0.1, 0.15) is 5.82 Å². The van der Waals surface area contributed by atoms with Crippen molar-refractivity contribution in [3.05, 3.63) is 25.7 Å². The number of nitrogens with zero attached hydrogens (tertiary/aromatic N) is 2. The van der Waals surface area contributed by atoms with E-state index in [9.17, 15) is 0 Å². The average molecular weight is 408 g/mol. The highest BCUT2D eigenvalue weighted by atomic mass is 127. The van der Waals surface area contributed by atoms with Gasteiger partial charge in [0.2, 0.25) is 0 Å². The van der Waals surface area contributed by atoms with Gasteiger partial charge in [0.25, 0.3) is 0 Å². The molecule has 3 nitrogen and oxygen atoms in total. The highest BCUT2D eigenvalue weighted by Crippen LogP contribution is 2.30. The van der Waals surface area contributed by atoms with Crippen LogP contribution in [0, 0.1) is 3.57 Å². The van der Waals surface area contributed by atoms with Crippen molar-refractivity contribution in [3.8, 4) is 10.7 Å². The van der Waals surface area contributed by atoms with E-state index in [2.05, 4.69) is 51.7 Å². The van der Waals surface area contributed by atoms with Crippen LogP contribution in [0.1, 0.15) is 26.0 Å². The normalized spacial score (nSPS) is 10.7. The fraction of sp³-hybridized carbons (Fsp3) is 0.385. The number of hydrogen-bond acceptors (Lipinski definition) is 4. The molecule has 0 atom stereocenters. The topological polar surface area (TPSA) is 37.8 Å². The van der Waals surface area contributed by atoms with E-state index in [-0.39, 0.29) is 0 Å². The third-order valence-corrected chi connectivity index (χ3v) is 4.95. The Kier molecular flexibility index (Phi) is 5.41. The van der Waals surface area contributed by atoms with Crippen LogP contribution in [-0.2, 0) is 6.42 Å². The molecular weight excluding hydrogens is 393 g/mol. The second-order valence-corrected chi connectivity index (χ2v) is 6.49. The minimum atomic E-state index is 0.740. The molecule has 0 amide bonds. The van der Waals surface area contributed by atoms with Gasteiger partial charge in [-0.1, -0.05) is 24.9 Å². The summed E-state index contributed by atoms with van der Waals surface area (Å²) in [5, 5.41) is 5.95. The van der Waals surface area contributed by atoms with Crippen LogP contribution in [0.4, 0.5) is 5.82 Å². The maximum Gasteiger partial charge on any atom is 0.171 e. The van der Waals surface area contributed by atoms with Gasteiger partial charge in [-0.05, 0) is 42.0 Å². The number of nitrogens with one attached hydrogen (secondary N) is 1. The number of aromatic nitrogens is 2. The molecule has 0 unspecified atom stereocenters. The Morgan fingerprint density at radius 2 is 2.16 bits per heavy atom. The molecule has 19 heavy (non-hydrogen) atoms. The van der Waals surface area contributed by atoms with Crippen molar-refractivity contribution in [2.75, 3.05) is 11.9 Å². The molecule has 2 aromatic heterocycles. The number of halogens is 2. The first kappa shape index (κ1) is 15.0. The van der Waals surface area contributed by atoms with Crippen LogP contribution in [0.25, 0.3) is 10.7 Å². The van der Waals surface area contributed by atoms with Crippen LogP contribution in [0.2, 0.25) is 5.02 Å². The standard InChI is InChI=1S/C13H15ClIN3S/c1-3-5-9-11(15)13(16-4-2)18-12(17-9)10-6-8(14)7-19-10/h6-7H,3-5H2,1-2H3,(H,16,17,18). The summed E-state index contributed by atoms with van der Waals surface area (Å²) in [6.45, 7) is 5.08. The maximum atomic E-state index is 5.98. The van der Waals surface area contributed by atoms with Crippen LogP contribution >= 0.6 is 45.5 Å². The fourth-order valence-electron chi connectivity index (χ4n) is 1.72. The first-order valence-corrected chi connectivity index (χ1v) is 8.54. The Labute approximate surface area is 136 Å². The first-order valence-electron chi connectivity index (χ1n) is 6.20. The number of hydrogen-bond donors (Lipinski definition) is 1. The van der Waals surface area contributed by atoms with Gasteiger partial charge in [0.05, 0.1) is 19.2 Å². The van der Waals surface area contributed by atoms with Gasteiger partial charge in [-0.15, -0.1) is 11.3 Å². The van der Waals surface area contributed by atoms with Crippen molar-refractivity contribution in [1.82, 2.24) is 9.97 Å². The first-order chi connectivity index (χ1) is 9.15. The van der Waals surface area contributed by atoms with E-state index in [4.69, 9.17) is 11.6 Å². The second-order valence-electron chi connectivity index (χ2n) is 4.07. The molecule has 6 heteroatoms. The molecule has 0 radical (unpaired) electrons. The van der Waals surface area contributed by atoms with Gasteiger partial charge < -0.3 is 5.32 Å². The Morgan fingerprint density at radius 3 is 2.74 bits per heavy atom. The summed E-state index contributed by atoms with van der Waals surface area (Å²) in [7, 11) is 0. The fourth-order valence-corrected chi connectivity index (χ4v) is 3.43. The SMILES string of the molecule is CCCc1nc(-c2cc(Cl)cs2)nc(NCC)c1I. The monoisotopic (exact) mass is 407 g/mol. The summed E-state index contributed by atoms with van der Waals surface area (Å²) in [6, 6.07) is 1.92. The molecular formula is C13H15ClIN3S. The quantitative estimate of drug-likeness (QED) is 0.720. The molecule has 0 aliphatic rings. The smallest absolute Gasteiger partial charge is 0.171 e. The van der Waals surface area contributed by atoms with Crippen LogP contribution < -0.4 is 5.32 Å². The Hall–Kier alpha value is -0.400. The molecule has 0 aromatic carbocycles.